The summed E-state index contributed by atoms with van der Waals surface area (Å²) in [5, 5.41) is 4.48. The van der Waals surface area contributed by atoms with Gasteiger partial charge in [-0.1, -0.05) is 72.8 Å². The third-order valence-electron chi connectivity index (χ3n) is 4.02. The molecule has 106 valence electrons. The third-order valence-corrected chi connectivity index (χ3v) is 4.02. The van der Waals surface area contributed by atoms with Crippen LogP contribution in [0.15, 0.2) is 84.9 Å². The Kier molecular flexibility index (Phi) is 4.63. The van der Waals surface area contributed by atoms with Gasteiger partial charge in [-0.3, -0.25) is 4.79 Å². The predicted molar refractivity (Wildman–Crippen MR) is 98.5 cm³/mol. The van der Waals surface area contributed by atoms with E-state index in [0.717, 1.165) is 32.7 Å². The molecule has 0 saturated heterocycles. The van der Waals surface area contributed by atoms with Gasteiger partial charge >= 0.3 is 29.6 Å². The fraction of sp³-hybridized carbons (Fsp3) is 0. The standard InChI is InChI=1S/C21H14O.Na.H/c22-21(19-11-9-15-5-1-3-7-17(15)13-19)20-12-10-16-6-2-4-8-18(16)14-20;;/h1-14H;;. The maximum atomic E-state index is 12.7. The summed E-state index contributed by atoms with van der Waals surface area (Å²) in [6, 6.07) is 27.9. The van der Waals surface area contributed by atoms with E-state index in [4.69, 9.17) is 0 Å². The molecule has 1 nitrogen and oxygen atoms in total. The van der Waals surface area contributed by atoms with Crippen molar-refractivity contribution >= 4 is 56.9 Å². The van der Waals surface area contributed by atoms with Gasteiger partial charge in [0.25, 0.3) is 0 Å². The molecule has 0 heterocycles. The van der Waals surface area contributed by atoms with Gasteiger partial charge in [-0.15, -0.1) is 0 Å². The van der Waals surface area contributed by atoms with Crippen molar-refractivity contribution in [2.45, 2.75) is 0 Å². The molecule has 2 heteroatoms. The van der Waals surface area contributed by atoms with Gasteiger partial charge in [-0.05, 0) is 33.7 Å². The molecular formula is C21H15NaO. The van der Waals surface area contributed by atoms with E-state index in [9.17, 15) is 4.79 Å². The molecule has 0 N–H and O–H groups in total. The van der Waals surface area contributed by atoms with Gasteiger partial charge < -0.3 is 0 Å². The zero-order chi connectivity index (χ0) is 14.9. The van der Waals surface area contributed by atoms with Crippen molar-refractivity contribution in [1.82, 2.24) is 0 Å². The summed E-state index contributed by atoms with van der Waals surface area (Å²) >= 11 is 0. The number of carbonyl (C=O) groups excluding carboxylic acids is 1. The molecule has 0 atom stereocenters. The molecule has 0 aliphatic rings. The summed E-state index contributed by atoms with van der Waals surface area (Å²) in [4.78, 5) is 12.7. The van der Waals surface area contributed by atoms with Crippen molar-refractivity contribution in [2.24, 2.45) is 0 Å². The number of hydrogen-bond acceptors (Lipinski definition) is 1. The fourth-order valence-electron chi connectivity index (χ4n) is 2.83. The number of benzene rings is 4. The molecule has 0 aromatic heterocycles. The molecule has 0 radical (unpaired) electrons. The van der Waals surface area contributed by atoms with Crippen molar-refractivity contribution in [3.8, 4) is 0 Å². The van der Waals surface area contributed by atoms with Gasteiger partial charge in [0.15, 0.2) is 5.78 Å². The van der Waals surface area contributed by atoms with Crippen LogP contribution in [0.2, 0.25) is 0 Å². The minimum absolute atomic E-state index is 0. The summed E-state index contributed by atoms with van der Waals surface area (Å²) in [6.07, 6.45) is 0. The van der Waals surface area contributed by atoms with E-state index in [1.54, 1.807) is 0 Å². The van der Waals surface area contributed by atoms with E-state index in [0.29, 0.717) is 0 Å². The molecule has 0 bridgehead atoms. The zero-order valence-electron chi connectivity index (χ0n) is 12.0. The predicted octanol–water partition coefficient (Wildman–Crippen LogP) is 4.58. The van der Waals surface area contributed by atoms with Gasteiger partial charge in [0, 0.05) is 11.1 Å². The first-order valence-corrected chi connectivity index (χ1v) is 7.33. The second-order valence-electron chi connectivity index (χ2n) is 5.45. The summed E-state index contributed by atoms with van der Waals surface area (Å²) in [5.41, 5.74) is 1.46. The van der Waals surface area contributed by atoms with Crippen LogP contribution in [0.25, 0.3) is 21.5 Å². The van der Waals surface area contributed by atoms with Gasteiger partial charge in [0.1, 0.15) is 0 Å². The molecule has 4 aromatic carbocycles. The summed E-state index contributed by atoms with van der Waals surface area (Å²) in [6.45, 7) is 0. The van der Waals surface area contributed by atoms with Gasteiger partial charge in [0.05, 0.1) is 0 Å². The van der Waals surface area contributed by atoms with Crippen molar-refractivity contribution in [2.75, 3.05) is 0 Å². The second-order valence-corrected chi connectivity index (χ2v) is 5.45. The monoisotopic (exact) mass is 306 g/mol. The van der Waals surface area contributed by atoms with Gasteiger partial charge in [-0.25, -0.2) is 0 Å². The molecule has 4 aromatic rings. The van der Waals surface area contributed by atoms with E-state index in [-0.39, 0.29) is 35.3 Å². The molecule has 0 aliphatic carbocycles. The molecule has 0 unspecified atom stereocenters. The zero-order valence-corrected chi connectivity index (χ0v) is 12.0. The van der Waals surface area contributed by atoms with Crippen molar-refractivity contribution in [3.63, 3.8) is 0 Å². The van der Waals surface area contributed by atoms with E-state index in [2.05, 4.69) is 12.1 Å². The number of fused-ring (bicyclic) bond motifs is 2. The topological polar surface area (TPSA) is 17.1 Å². The Morgan fingerprint density at radius 3 is 1.35 bits per heavy atom. The molecule has 23 heavy (non-hydrogen) atoms. The Hall–Kier alpha value is -1.93. The molecule has 0 aliphatic heterocycles. The Morgan fingerprint density at radius 2 is 0.913 bits per heavy atom. The summed E-state index contributed by atoms with van der Waals surface area (Å²) in [5.74, 6) is 0.0662. The molecule has 0 fully saturated rings. The first kappa shape index (κ1) is 15.9. The minimum atomic E-state index is 0. The molecule has 0 saturated carbocycles. The SMILES string of the molecule is O=C(c1ccc2ccccc2c1)c1ccc2ccccc2c1.[NaH]. The van der Waals surface area contributed by atoms with Crippen molar-refractivity contribution in [1.29, 1.82) is 0 Å². The fourth-order valence-corrected chi connectivity index (χ4v) is 2.83. The quantitative estimate of drug-likeness (QED) is 0.391. The number of ketones is 1. The van der Waals surface area contributed by atoms with Crippen LogP contribution in [0.5, 0.6) is 0 Å². The van der Waals surface area contributed by atoms with Gasteiger partial charge in [-0.2, -0.15) is 0 Å². The van der Waals surface area contributed by atoms with Crippen LogP contribution in [0.1, 0.15) is 15.9 Å². The van der Waals surface area contributed by atoms with E-state index >= 15 is 0 Å². The average molecular weight is 306 g/mol. The second kappa shape index (κ2) is 6.67. The van der Waals surface area contributed by atoms with Crippen LogP contribution in [0.3, 0.4) is 0 Å². The van der Waals surface area contributed by atoms with Crippen molar-refractivity contribution in [3.05, 3.63) is 96.1 Å². The first-order valence-electron chi connectivity index (χ1n) is 7.33. The molecule has 4 rings (SSSR count). The first-order chi connectivity index (χ1) is 10.8. The average Bonchev–Trinajstić information content (AvgIpc) is 2.60. The van der Waals surface area contributed by atoms with Crippen LogP contribution in [-0.4, -0.2) is 35.3 Å². The van der Waals surface area contributed by atoms with Crippen LogP contribution in [0, 0.1) is 0 Å². The Morgan fingerprint density at radius 1 is 0.522 bits per heavy atom. The molecule has 0 spiro atoms. The van der Waals surface area contributed by atoms with Crippen LogP contribution in [-0.2, 0) is 0 Å². The third kappa shape index (κ3) is 3.09. The Labute approximate surface area is 157 Å². The van der Waals surface area contributed by atoms with Crippen LogP contribution in [0.4, 0.5) is 0 Å². The van der Waals surface area contributed by atoms with Crippen LogP contribution >= 0.6 is 0 Å². The van der Waals surface area contributed by atoms with Crippen molar-refractivity contribution < 1.29 is 4.79 Å². The van der Waals surface area contributed by atoms with E-state index in [1.807, 2.05) is 72.8 Å². The summed E-state index contributed by atoms with van der Waals surface area (Å²) < 4.78 is 0. The number of carbonyl (C=O) groups is 1. The van der Waals surface area contributed by atoms with Crippen LogP contribution < -0.4 is 0 Å². The van der Waals surface area contributed by atoms with E-state index in [1.165, 1.54) is 0 Å². The number of rotatable bonds is 2. The Bertz CT molecular complexity index is 923. The number of hydrogen-bond donors (Lipinski definition) is 0. The summed E-state index contributed by atoms with van der Waals surface area (Å²) in [7, 11) is 0. The molecule has 0 amide bonds. The van der Waals surface area contributed by atoms with E-state index < -0.39 is 0 Å². The maximum absolute atomic E-state index is 12.7. The normalized spacial score (nSPS) is 10.4. The van der Waals surface area contributed by atoms with Gasteiger partial charge in [0.2, 0.25) is 0 Å². The Balaban J connectivity index is 0.00000156. The molecular weight excluding hydrogens is 291 g/mol.